The van der Waals surface area contributed by atoms with E-state index >= 15 is 0 Å². The Kier molecular flexibility index (Phi) is 5.20. The Morgan fingerprint density at radius 1 is 1.37 bits per heavy atom. The summed E-state index contributed by atoms with van der Waals surface area (Å²) < 4.78 is 6.05. The molecule has 1 saturated carbocycles. The molecule has 2 rings (SSSR count). The summed E-state index contributed by atoms with van der Waals surface area (Å²) in [5, 5.41) is 0. The van der Waals surface area contributed by atoms with Crippen molar-refractivity contribution >= 4 is 0 Å². The smallest absolute Gasteiger partial charge is 0.138 e. The highest BCUT2D eigenvalue weighted by atomic mass is 16.5. The lowest BCUT2D eigenvalue weighted by Crippen LogP contribution is -2.25. The first kappa shape index (κ1) is 14.3. The lowest BCUT2D eigenvalue weighted by molar-refractivity contribution is 0.121. The first-order chi connectivity index (χ1) is 9.22. The molecule has 3 atom stereocenters. The summed E-state index contributed by atoms with van der Waals surface area (Å²) in [6, 6.07) is 4.03. The molecule has 0 aromatic carbocycles. The fourth-order valence-electron chi connectivity index (χ4n) is 2.80. The zero-order valence-electron chi connectivity index (χ0n) is 12.1. The maximum absolute atomic E-state index is 6.05. The number of rotatable bonds is 5. The Labute approximate surface area is 116 Å². The quantitative estimate of drug-likeness (QED) is 0.877. The fourth-order valence-corrected chi connectivity index (χ4v) is 2.80. The van der Waals surface area contributed by atoms with E-state index in [0.29, 0.717) is 6.10 Å². The van der Waals surface area contributed by atoms with E-state index in [1.807, 2.05) is 18.3 Å². The van der Waals surface area contributed by atoms with Crippen LogP contribution in [0.1, 0.15) is 64.1 Å². The van der Waals surface area contributed by atoms with Crippen LogP contribution < -0.4 is 10.5 Å². The Morgan fingerprint density at radius 2 is 2.21 bits per heavy atom. The zero-order valence-corrected chi connectivity index (χ0v) is 12.1. The predicted molar refractivity (Wildman–Crippen MR) is 78.1 cm³/mol. The summed E-state index contributed by atoms with van der Waals surface area (Å²) in [6.45, 7) is 4.35. The molecule has 1 aromatic heterocycles. The van der Waals surface area contributed by atoms with Gasteiger partial charge in [-0.2, -0.15) is 0 Å². The Bertz CT molecular complexity index is 377. The van der Waals surface area contributed by atoms with Crippen molar-refractivity contribution in [1.29, 1.82) is 0 Å². The first-order valence-electron chi connectivity index (χ1n) is 7.61. The van der Waals surface area contributed by atoms with Gasteiger partial charge in [-0.15, -0.1) is 0 Å². The maximum Gasteiger partial charge on any atom is 0.138 e. The van der Waals surface area contributed by atoms with Gasteiger partial charge in [-0.3, -0.25) is 4.98 Å². The molecule has 106 valence electrons. The van der Waals surface area contributed by atoms with Crippen molar-refractivity contribution < 1.29 is 4.74 Å². The van der Waals surface area contributed by atoms with Crippen LogP contribution >= 0.6 is 0 Å². The SMILES string of the molecule is CCC1CCCC(Oc2ccc([C@@H](N)CC)nc2)C1. The second kappa shape index (κ2) is 6.90. The molecule has 3 heteroatoms. The molecule has 0 aliphatic heterocycles. The number of aromatic nitrogens is 1. The van der Waals surface area contributed by atoms with Gasteiger partial charge in [0.15, 0.2) is 0 Å². The van der Waals surface area contributed by atoms with Gasteiger partial charge in [-0.25, -0.2) is 0 Å². The molecule has 19 heavy (non-hydrogen) atoms. The van der Waals surface area contributed by atoms with Gasteiger partial charge >= 0.3 is 0 Å². The van der Waals surface area contributed by atoms with Gasteiger partial charge in [0.1, 0.15) is 5.75 Å². The van der Waals surface area contributed by atoms with Crippen LogP contribution in [0.3, 0.4) is 0 Å². The normalized spacial score (nSPS) is 25.0. The van der Waals surface area contributed by atoms with Gasteiger partial charge in [-0.05, 0) is 43.7 Å². The third-order valence-electron chi connectivity index (χ3n) is 4.19. The van der Waals surface area contributed by atoms with Crippen molar-refractivity contribution in [2.45, 2.75) is 64.5 Å². The standard InChI is InChI=1S/C16H26N2O/c1-3-12-6-5-7-13(10-12)19-14-8-9-16(18-11-14)15(17)4-2/h8-9,11-13,15H,3-7,10,17H2,1-2H3/t12?,13?,15-/m0/s1. The molecular weight excluding hydrogens is 236 g/mol. The van der Waals surface area contributed by atoms with Crippen molar-refractivity contribution in [3.63, 3.8) is 0 Å². The highest BCUT2D eigenvalue weighted by Crippen LogP contribution is 2.29. The topological polar surface area (TPSA) is 48.1 Å². The van der Waals surface area contributed by atoms with E-state index in [4.69, 9.17) is 10.5 Å². The van der Waals surface area contributed by atoms with Crippen LogP contribution in [0, 0.1) is 5.92 Å². The van der Waals surface area contributed by atoms with Crippen molar-refractivity contribution in [1.82, 2.24) is 4.98 Å². The maximum atomic E-state index is 6.05. The number of pyridine rings is 1. The molecule has 1 aliphatic rings. The summed E-state index contributed by atoms with van der Waals surface area (Å²) >= 11 is 0. The molecule has 0 bridgehead atoms. The lowest BCUT2D eigenvalue weighted by atomic mass is 9.85. The number of hydrogen-bond donors (Lipinski definition) is 1. The van der Waals surface area contributed by atoms with Crippen LogP contribution in [-0.2, 0) is 0 Å². The van der Waals surface area contributed by atoms with Crippen LogP contribution in [-0.4, -0.2) is 11.1 Å². The van der Waals surface area contributed by atoms with Gasteiger partial charge in [0.2, 0.25) is 0 Å². The largest absolute Gasteiger partial charge is 0.489 e. The van der Waals surface area contributed by atoms with E-state index in [2.05, 4.69) is 18.8 Å². The monoisotopic (exact) mass is 262 g/mol. The van der Waals surface area contributed by atoms with Crippen molar-refractivity contribution in [3.8, 4) is 5.75 Å². The summed E-state index contributed by atoms with van der Waals surface area (Å²) in [7, 11) is 0. The van der Waals surface area contributed by atoms with E-state index in [1.165, 1.54) is 32.1 Å². The molecule has 0 amide bonds. The number of ether oxygens (including phenoxy) is 1. The van der Waals surface area contributed by atoms with Crippen LogP contribution in [0.2, 0.25) is 0 Å². The van der Waals surface area contributed by atoms with Gasteiger partial charge in [0.05, 0.1) is 18.0 Å². The van der Waals surface area contributed by atoms with Gasteiger partial charge in [0.25, 0.3) is 0 Å². The second-order valence-corrected chi connectivity index (χ2v) is 5.61. The molecule has 3 nitrogen and oxygen atoms in total. The van der Waals surface area contributed by atoms with Gasteiger partial charge in [0, 0.05) is 6.04 Å². The Morgan fingerprint density at radius 3 is 2.84 bits per heavy atom. The number of nitrogens with zero attached hydrogens (tertiary/aromatic N) is 1. The van der Waals surface area contributed by atoms with E-state index in [0.717, 1.165) is 23.8 Å². The summed E-state index contributed by atoms with van der Waals surface area (Å²) in [5.41, 5.74) is 6.91. The van der Waals surface area contributed by atoms with Crippen LogP contribution in [0.25, 0.3) is 0 Å². The minimum absolute atomic E-state index is 0.0354. The number of hydrogen-bond acceptors (Lipinski definition) is 3. The molecule has 0 saturated heterocycles. The molecule has 0 spiro atoms. The highest BCUT2D eigenvalue weighted by molar-refractivity contribution is 5.21. The third-order valence-corrected chi connectivity index (χ3v) is 4.19. The van der Waals surface area contributed by atoms with Gasteiger partial charge in [-0.1, -0.05) is 26.7 Å². The third kappa shape index (κ3) is 3.93. The molecule has 2 N–H and O–H groups in total. The van der Waals surface area contributed by atoms with Crippen LogP contribution in [0.4, 0.5) is 0 Å². The molecule has 1 fully saturated rings. The average molecular weight is 262 g/mol. The predicted octanol–water partition coefficient (Wildman–Crippen LogP) is 3.84. The average Bonchev–Trinajstić information content (AvgIpc) is 2.47. The van der Waals surface area contributed by atoms with Crippen molar-refractivity contribution in [3.05, 3.63) is 24.0 Å². The highest BCUT2D eigenvalue weighted by Gasteiger charge is 2.22. The molecule has 1 aromatic rings. The lowest BCUT2D eigenvalue weighted by Gasteiger charge is -2.28. The summed E-state index contributed by atoms with van der Waals surface area (Å²) in [6.07, 6.45) is 9.37. The minimum Gasteiger partial charge on any atom is -0.489 e. The molecular formula is C16H26N2O. The second-order valence-electron chi connectivity index (χ2n) is 5.61. The Balaban J connectivity index is 1.92. The van der Waals surface area contributed by atoms with Crippen LogP contribution in [0.5, 0.6) is 5.75 Å². The van der Waals surface area contributed by atoms with E-state index in [1.54, 1.807) is 0 Å². The van der Waals surface area contributed by atoms with E-state index in [-0.39, 0.29) is 6.04 Å². The molecule has 2 unspecified atom stereocenters. The van der Waals surface area contributed by atoms with Crippen molar-refractivity contribution in [2.24, 2.45) is 11.7 Å². The molecule has 1 heterocycles. The van der Waals surface area contributed by atoms with Crippen molar-refractivity contribution in [2.75, 3.05) is 0 Å². The minimum atomic E-state index is 0.0354. The molecule has 1 aliphatic carbocycles. The van der Waals surface area contributed by atoms with Crippen LogP contribution in [0.15, 0.2) is 18.3 Å². The fraction of sp³-hybridized carbons (Fsp3) is 0.688. The first-order valence-corrected chi connectivity index (χ1v) is 7.61. The van der Waals surface area contributed by atoms with E-state index in [9.17, 15) is 0 Å². The summed E-state index contributed by atoms with van der Waals surface area (Å²) in [4.78, 5) is 4.40. The molecule has 0 radical (unpaired) electrons. The van der Waals surface area contributed by atoms with E-state index < -0.39 is 0 Å². The van der Waals surface area contributed by atoms with Gasteiger partial charge < -0.3 is 10.5 Å². The number of nitrogens with two attached hydrogens (primary N) is 1. The Hall–Kier alpha value is -1.09. The zero-order chi connectivity index (χ0) is 13.7. The summed E-state index contributed by atoms with van der Waals surface area (Å²) in [5.74, 6) is 1.72.